The predicted octanol–water partition coefficient (Wildman–Crippen LogP) is 6.77. The van der Waals surface area contributed by atoms with Crippen molar-refractivity contribution in [1.82, 2.24) is 64.1 Å². The van der Waals surface area contributed by atoms with Crippen LogP contribution >= 0.6 is 0 Å². The molecular formula is C58H51N17O5. The third kappa shape index (κ3) is 11.5. The molecule has 0 unspecified atom stereocenters. The SMILES string of the molecule is CC#CC(=O)N1CCC[C@H]1c1nc(-c2ccc(C(=O)Nc3ccccn3)cc2)c2c(N)nccn12.CC#CC(=O)On1nnc2ccccc21.Nc1nccn2c([C@@H]3CCCN3)nc(-c3ccc(C(=O)Nc4ccccn4)cc3)c12. The van der Waals surface area contributed by atoms with Crippen LogP contribution in [0.3, 0.4) is 0 Å². The van der Waals surface area contributed by atoms with E-state index in [1.807, 2.05) is 57.5 Å². The van der Waals surface area contributed by atoms with Crippen LogP contribution in [0.4, 0.5) is 23.3 Å². The highest BCUT2D eigenvalue weighted by Crippen LogP contribution is 2.37. The molecule has 2 aliphatic rings. The lowest BCUT2D eigenvalue weighted by atomic mass is 10.1. The summed E-state index contributed by atoms with van der Waals surface area (Å²) in [4.78, 5) is 83.0. The monoisotopic (exact) mass is 1070 g/mol. The van der Waals surface area contributed by atoms with Crippen molar-refractivity contribution in [2.24, 2.45) is 0 Å². The molecule has 3 aromatic carbocycles. The van der Waals surface area contributed by atoms with E-state index in [-0.39, 0.29) is 29.8 Å². The summed E-state index contributed by atoms with van der Waals surface area (Å²) in [7, 11) is 0. The molecule has 0 spiro atoms. The Morgan fingerprint density at radius 2 is 1.20 bits per heavy atom. The number of amides is 3. The van der Waals surface area contributed by atoms with Crippen molar-refractivity contribution < 1.29 is 24.0 Å². The van der Waals surface area contributed by atoms with Crippen LogP contribution < -0.4 is 32.3 Å². The van der Waals surface area contributed by atoms with Crippen LogP contribution in [0.2, 0.25) is 0 Å². The summed E-state index contributed by atoms with van der Waals surface area (Å²) >= 11 is 0. The Morgan fingerprint density at radius 1 is 0.637 bits per heavy atom. The van der Waals surface area contributed by atoms with E-state index in [2.05, 4.69) is 69.9 Å². The molecule has 9 heterocycles. The highest BCUT2D eigenvalue weighted by molar-refractivity contribution is 6.05. The summed E-state index contributed by atoms with van der Waals surface area (Å²) in [6, 6.07) is 32.3. The van der Waals surface area contributed by atoms with Crippen molar-refractivity contribution in [3.63, 3.8) is 0 Å². The molecule has 22 nitrogen and oxygen atoms in total. The maximum atomic E-state index is 12.6. The number of imidazole rings is 2. The molecule has 12 rings (SSSR count). The van der Waals surface area contributed by atoms with Crippen molar-refractivity contribution >= 4 is 69.0 Å². The van der Waals surface area contributed by atoms with Crippen molar-refractivity contribution in [2.75, 3.05) is 35.2 Å². The van der Waals surface area contributed by atoms with Crippen LogP contribution in [0.25, 0.3) is 44.6 Å². The van der Waals surface area contributed by atoms with Gasteiger partial charge in [0.2, 0.25) is 0 Å². The van der Waals surface area contributed by atoms with Gasteiger partial charge in [-0.15, -0.1) is 5.10 Å². The minimum absolute atomic E-state index is 0.191. The molecule has 3 amide bonds. The number of hydrogen-bond acceptors (Lipinski definition) is 16. The first kappa shape index (κ1) is 52.6. The van der Waals surface area contributed by atoms with Gasteiger partial charge in [0.05, 0.1) is 12.1 Å². The van der Waals surface area contributed by atoms with Gasteiger partial charge in [0.25, 0.3) is 17.7 Å². The number of para-hydroxylation sites is 1. The zero-order valence-corrected chi connectivity index (χ0v) is 43.3. The Labute approximate surface area is 457 Å². The summed E-state index contributed by atoms with van der Waals surface area (Å²) in [5, 5.41) is 16.6. The van der Waals surface area contributed by atoms with Crippen molar-refractivity contribution in [3.8, 4) is 46.2 Å². The molecule has 10 aromatic rings. The predicted molar refractivity (Wildman–Crippen MR) is 300 cm³/mol. The van der Waals surface area contributed by atoms with Crippen LogP contribution in [0.1, 0.15) is 84.0 Å². The number of carbonyl (C=O) groups excluding carboxylic acids is 4. The Hall–Kier alpha value is -10.8. The molecule has 7 aromatic heterocycles. The van der Waals surface area contributed by atoms with Crippen LogP contribution in [0.15, 0.2) is 146 Å². The molecule has 2 atom stereocenters. The van der Waals surface area contributed by atoms with Crippen LogP contribution in [0, 0.1) is 23.7 Å². The van der Waals surface area contributed by atoms with E-state index in [4.69, 9.17) is 26.3 Å². The molecule has 80 heavy (non-hydrogen) atoms. The summed E-state index contributed by atoms with van der Waals surface area (Å²) < 4.78 is 3.91. The van der Waals surface area contributed by atoms with Gasteiger partial charge in [-0.25, -0.2) is 34.7 Å². The maximum absolute atomic E-state index is 12.6. The highest BCUT2D eigenvalue weighted by Gasteiger charge is 2.34. The fourth-order valence-electron chi connectivity index (χ4n) is 9.35. The third-order valence-corrected chi connectivity index (χ3v) is 13.0. The van der Waals surface area contributed by atoms with Crippen molar-refractivity contribution in [2.45, 2.75) is 51.6 Å². The number of hydrogen-bond donors (Lipinski definition) is 5. The number of carbonyl (C=O) groups is 4. The number of nitrogens with two attached hydrogens (primary N) is 2. The lowest BCUT2D eigenvalue weighted by molar-refractivity contribution is -0.138. The number of fused-ring (bicyclic) bond motifs is 3. The second-order valence-corrected chi connectivity index (χ2v) is 18.1. The van der Waals surface area contributed by atoms with E-state index < -0.39 is 5.97 Å². The Morgan fingerprint density at radius 3 is 1.75 bits per heavy atom. The van der Waals surface area contributed by atoms with Crippen molar-refractivity contribution in [3.05, 3.63) is 169 Å². The fraction of sp³-hybridized carbons (Fsp3) is 0.172. The lowest BCUT2D eigenvalue weighted by Gasteiger charge is -2.21. The minimum Gasteiger partial charge on any atom is -0.382 e. The quantitative estimate of drug-likeness (QED) is 0.0736. The number of anilines is 4. The van der Waals surface area contributed by atoms with Gasteiger partial charge in [-0.1, -0.05) is 65.2 Å². The summed E-state index contributed by atoms with van der Waals surface area (Å²) in [5.74, 6) is 12.1. The molecule has 2 fully saturated rings. The van der Waals surface area contributed by atoms with E-state index in [1.54, 1.807) is 116 Å². The number of benzene rings is 3. The molecule has 2 aliphatic heterocycles. The Balaban J connectivity index is 0.000000145. The van der Waals surface area contributed by atoms with Gasteiger partial charge in [0.15, 0.2) is 0 Å². The topological polar surface area (TPSA) is 286 Å². The maximum Gasteiger partial charge on any atom is 0.410 e. The van der Waals surface area contributed by atoms with Crippen molar-refractivity contribution in [1.29, 1.82) is 0 Å². The molecular weight excluding hydrogens is 1010 g/mol. The molecule has 22 heteroatoms. The normalized spacial score (nSPS) is 14.3. The zero-order chi connectivity index (χ0) is 55.5. The minimum atomic E-state index is -0.659. The van der Waals surface area contributed by atoms with Crippen LogP contribution in [-0.2, 0) is 9.59 Å². The molecule has 0 bridgehead atoms. The highest BCUT2D eigenvalue weighted by atomic mass is 16.7. The Kier molecular flexibility index (Phi) is 15.8. The number of nitrogens with one attached hydrogen (secondary N) is 3. The summed E-state index contributed by atoms with van der Waals surface area (Å²) in [6.07, 6.45) is 14.1. The van der Waals surface area contributed by atoms with Gasteiger partial charge in [0.1, 0.15) is 68.4 Å². The van der Waals surface area contributed by atoms with Gasteiger partial charge in [0, 0.05) is 71.9 Å². The van der Waals surface area contributed by atoms with Gasteiger partial charge >= 0.3 is 5.97 Å². The zero-order valence-electron chi connectivity index (χ0n) is 43.3. The molecule has 0 radical (unpaired) electrons. The average molecular weight is 1070 g/mol. The molecule has 7 N–H and O–H groups in total. The number of likely N-dealkylation sites (tertiary alicyclic amines) is 1. The van der Waals surface area contributed by atoms with E-state index in [1.165, 1.54) is 0 Å². The standard InChI is InChI=1S/C26H23N7O2.C22H21N7O.C10H7N3O2/c1-2-6-21(34)32-15-5-7-19(32)25-31-22(23-24(27)29-14-16-33(23)25)17-9-11-18(12-10-17)26(35)30-20-8-3-4-13-28-20;23-20-19-18(28-21(16-4-3-11-24-16)29(19)13-12-26-20)14-6-8-15(9-7-14)22(30)27-17-5-1-2-10-25-17;1-2-5-10(14)15-13-9-7-4-3-6-8(9)11-12-13/h3-4,8-14,16,19H,5,7,15H2,1H3,(H2,27,29)(H,28,30,35);1-2,5-10,12-13,16,24H,3-4,11H2,(H2,23,26)(H,25,27,30);3-4,6-7H,1H3/t19-;16-;/m00./s1. The van der Waals surface area contributed by atoms with Gasteiger partial charge in [-0.2, -0.15) is 0 Å². The molecule has 0 aliphatic carbocycles. The van der Waals surface area contributed by atoms with E-state index in [9.17, 15) is 19.2 Å². The molecule has 398 valence electrons. The van der Waals surface area contributed by atoms with Gasteiger partial charge in [-0.05, 0) is 118 Å². The lowest BCUT2D eigenvalue weighted by Crippen LogP contribution is -2.30. The number of nitrogen functional groups attached to an aromatic ring is 2. The van der Waals surface area contributed by atoms with Crippen LogP contribution in [-0.4, -0.2) is 95.5 Å². The second-order valence-electron chi connectivity index (χ2n) is 18.1. The first-order chi connectivity index (χ1) is 39.1. The first-order valence-electron chi connectivity index (χ1n) is 25.4. The summed E-state index contributed by atoms with van der Waals surface area (Å²) in [6.45, 7) is 4.82. The van der Waals surface area contributed by atoms with Gasteiger partial charge in [-0.3, -0.25) is 23.2 Å². The number of nitrogens with zero attached hydrogens (tertiary/aromatic N) is 12. The number of rotatable bonds is 9. The smallest absolute Gasteiger partial charge is 0.382 e. The first-order valence-corrected chi connectivity index (χ1v) is 25.4. The molecule has 2 saturated heterocycles. The Bertz CT molecular complexity index is 4020. The van der Waals surface area contributed by atoms with Gasteiger partial charge < -0.3 is 37.2 Å². The van der Waals surface area contributed by atoms with E-state index in [0.717, 1.165) is 65.2 Å². The average Bonchev–Trinajstić information content (AvgIpc) is 4.40. The van der Waals surface area contributed by atoms with E-state index >= 15 is 0 Å². The second kappa shape index (κ2) is 24.0. The summed E-state index contributed by atoms with van der Waals surface area (Å²) in [5.41, 5.74) is 19.3. The van der Waals surface area contributed by atoms with E-state index in [0.29, 0.717) is 69.0 Å². The fourth-order valence-corrected chi connectivity index (χ4v) is 9.35. The largest absolute Gasteiger partial charge is 0.410 e. The van der Waals surface area contributed by atoms with Crippen LogP contribution in [0.5, 0.6) is 0 Å². The number of pyridine rings is 2. The number of aromatic nitrogens is 11. The third-order valence-electron chi connectivity index (χ3n) is 13.0. The molecule has 0 saturated carbocycles.